The second-order valence-electron chi connectivity index (χ2n) is 5.50. The Morgan fingerprint density at radius 2 is 1.72 bits per heavy atom. The van der Waals surface area contributed by atoms with E-state index in [-0.39, 0.29) is 24.0 Å². The Balaban J connectivity index is 0.00000312. The number of aliphatic imine (C=N–C) groups is 1. The van der Waals surface area contributed by atoms with E-state index in [1.54, 1.807) is 0 Å². The summed E-state index contributed by atoms with van der Waals surface area (Å²) in [6.45, 7) is 8.77. The van der Waals surface area contributed by atoms with Crippen LogP contribution in [0.15, 0.2) is 53.8 Å². The van der Waals surface area contributed by atoms with Crippen molar-refractivity contribution in [3.8, 4) is 0 Å². The molecule has 6 heteroatoms. The van der Waals surface area contributed by atoms with E-state index in [4.69, 9.17) is 4.74 Å². The van der Waals surface area contributed by atoms with Crippen LogP contribution in [0.5, 0.6) is 0 Å². The molecule has 0 saturated heterocycles. The van der Waals surface area contributed by atoms with Crippen molar-refractivity contribution in [2.45, 2.75) is 33.5 Å². The summed E-state index contributed by atoms with van der Waals surface area (Å²) in [4.78, 5) is 4.65. The molecule has 0 radical (unpaired) electrons. The third kappa shape index (κ3) is 8.40. The molecule has 1 heterocycles. The van der Waals surface area contributed by atoms with Crippen molar-refractivity contribution in [2.24, 2.45) is 4.99 Å². The van der Waals surface area contributed by atoms with Crippen LogP contribution in [0.2, 0.25) is 0 Å². The summed E-state index contributed by atoms with van der Waals surface area (Å²) in [5.74, 6) is 0.850. The molecule has 2 rings (SSSR count). The molecule has 0 aliphatic carbocycles. The molecule has 2 aromatic rings. The molecule has 5 nitrogen and oxygen atoms in total. The Labute approximate surface area is 167 Å². The lowest BCUT2D eigenvalue weighted by Gasteiger charge is -2.12. The molecule has 1 aromatic heterocycles. The van der Waals surface area contributed by atoms with Gasteiger partial charge in [-0.2, -0.15) is 0 Å². The highest BCUT2D eigenvalue weighted by Crippen LogP contribution is 2.07. The molecule has 138 valence electrons. The number of nitrogens with zero attached hydrogens (tertiary/aromatic N) is 2. The topological polar surface area (TPSA) is 50.6 Å². The molecule has 0 spiro atoms. The van der Waals surface area contributed by atoms with E-state index in [2.05, 4.69) is 63.8 Å². The molecule has 0 bridgehead atoms. The highest BCUT2D eigenvalue weighted by Gasteiger charge is 1.99. The van der Waals surface area contributed by atoms with Crippen molar-refractivity contribution in [1.82, 2.24) is 15.2 Å². The maximum Gasteiger partial charge on any atom is 0.191 e. The van der Waals surface area contributed by atoms with Gasteiger partial charge in [-0.25, -0.2) is 4.99 Å². The van der Waals surface area contributed by atoms with Crippen LogP contribution in [0, 0.1) is 0 Å². The third-order valence-electron chi connectivity index (χ3n) is 3.59. The molecule has 0 fully saturated rings. The summed E-state index contributed by atoms with van der Waals surface area (Å²) in [6.07, 6.45) is 4.13. The van der Waals surface area contributed by atoms with Crippen LogP contribution in [0.25, 0.3) is 0 Å². The fraction of sp³-hybridized carbons (Fsp3) is 0.421. The fourth-order valence-electron chi connectivity index (χ4n) is 2.30. The minimum atomic E-state index is 0. The maximum absolute atomic E-state index is 5.41. The molecule has 0 aliphatic heterocycles. The number of benzene rings is 1. The lowest BCUT2D eigenvalue weighted by atomic mass is 10.1. The average molecular weight is 456 g/mol. The van der Waals surface area contributed by atoms with Crippen molar-refractivity contribution >= 4 is 29.9 Å². The predicted octanol–water partition coefficient (Wildman–Crippen LogP) is 3.40. The molecular formula is C19H29IN4O. The van der Waals surface area contributed by atoms with Gasteiger partial charge in [0, 0.05) is 38.6 Å². The van der Waals surface area contributed by atoms with Crippen LogP contribution in [0.4, 0.5) is 0 Å². The highest BCUT2D eigenvalue weighted by atomic mass is 127. The summed E-state index contributed by atoms with van der Waals surface area (Å²) in [5.41, 5.74) is 2.39. The summed E-state index contributed by atoms with van der Waals surface area (Å²) in [6, 6.07) is 12.5. The largest absolute Gasteiger partial charge is 0.377 e. The maximum atomic E-state index is 5.41. The molecule has 25 heavy (non-hydrogen) atoms. The van der Waals surface area contributed by atoms with Crippen LogP contribution in [-0.2, 0) is 24.4 Å². The van der Waals surface area contributed by atoms with E-state index < -0.39 is 0 Å². The van der Waals surface area contributed by atoms with E-state index >= 15 is 0 Å². The van der Waals surface area contributed by atoms with Crippen LogP contribution < -0.4 is 10.6 Å². The van der Waals surface area contributed by atoms with Gasteiger partial charge in [-0.1, -0.05) is 24.3 Å². The molecule has 2 N–H and O–H groups in total. The van der Waals surface area contributed by atoms with Gasteiger partial charge in [0.25, 0.3) is 0 Å². The van der Waals surface area contributed by atoms with Crippen molar-refractivity contribution in [1.29, 1.82) is 0 Å². The average Bonchev–Trinajstić information content (AvgIpc) is 3.12. The van der Waals surface area contributed by atoms with Gasteiger partial charge in [-0.3, -0.25) is 0 Å². The molecule has 0 aliphatic rings. The number of nitrogens with one attached hydrogen (secondary N) is 2. The quantitative estimate of drug-likeness (QED) is 0.346. The second-order valence-corrected chi connectivity index (χ2v) is 5.50. The summed E-state index contributed by atoms with van der Waals surface area (Å²) in [5, 5.41) is 6.65. The second kappa shape index (κ2) is 12.8. The van der Waals surface area contributed by atoms with Gasteiger partial charge in [0.05, 0.1) is 13.2 Å². The van der Waals surface area contributed by atoms with E-state index in [0.717, 1.165) is 32.2 Å². The summed E-state index contributed by atoms with van der Waals surface area (Å²) >= 11 is 0. The normalized spacial score (nSPS) is 11.0. The standard InChI is InChI=1S/C19H28N4O.HI/c1-3-20-19(21-11-14-23-12-5-6-13-23)22-15-17-7-9-18(10-8-17)16-24-4-2;/h5-10,12-13H,3-4,11,14-16H2,1-2H3,(H2,20,21,22);1H. The Bertz CT molecular complexity index is 596. The minimum absolute atomic E-state index is 0. The zero-order chi connectivity index (χ0) is 17.0. The van der Waals surface area contributed by atoms with Crippen molar-refractivity contribution in [3.63, 3.8) is 0 Å². The number of hydrogen-bond donors (Lipinski definition) is 2. The molecule has 1 aromatic carbocycles. The van der Waals surface area contributed by atoms with Gasteiger partial charge in [-0.15, -0.1) is 24.0 Å². The molecule has 0 saturated carbocycles. The van der Waals surface area contributed by atoms with Gasteiger partial charge < -0.3 is 19.9 Å². The number of halogens is 1. The summed E-state index contributed by atoms with van der Waals surface area (Å²) < 4.78 is 7.56. The Hall–Kier alpha value is -1.54. The lowest BCUT2D eigenvalue weighted by Crippen LogP contribution is -2.38. The molecular weight excluding hydrogens is 427 g/mol. The molecule has 0 amide bonds. The van der Waals surface area contributed by atoms with Gasteiger partial charge >= 0.3 is 0 Å². The van der Waals surface area contributed by atoms with Crippen molar-refractivity contribution in [2.75, 3.05) is 19.7 Å². The monoisotopic (exact) mass is 456 g/mol. The smallest absolute Gasteiger partial charge is 0.191 e. The first-order valence-corrected chi connectivity index (χ1v) is 8.60. The molecule has 0 atom stereocenters. The first-order valence-electron chi connectivity index (χ1n) is 8.60. The van der Waals surface area contributed by atoms with E-state index in [1.165, 1.54) is 11.1 Å². The first kappa shape index (κ1) is 21.5. The molecule has 0 unspecified atom stereocenters. The fourth-order valence-corrected chi connectivity index (χ4v) is 2.30. The number of ether oxygens (including phenoxy) is 1. The first-order chi connectivity index (χ1) is 11.8. The van der Waals surface area contributed by atoms with E-state index in [9.17, 15) is 0 Å². The Morgan fingerprint density at radius 3 is 2.36 bits per heavy atom. The number of rotatable bonds is 9. The van der Waals surface area contributed by atoms with Crippen LogP contribution in [-0.4, -0.2) is 30.2 Å². The minimum Gasteiger partial charge on any atom is -0.377 e. The van der Waals surface area contributed by atoms with Crippen LogP contribution in [0.3, 0.4) is 0 Å². The van der Waals surface area contributed by atoms with Crippen molar-refractivity contribution in [3.05, 3.63) is 59.9 Å². The number of hydrogen-bond acceptors (Lipinski definition) is 2. The third-order valence-corrected chi connectivity index (χ3v) is 3.59. The van der Waals surface area contributed by atoms with Gasteiger partial charge in [0.15, 0.2) is 5.96 Å². The SMILES string of the molecule is CCNC(=NCc1ccc(COCC)cc1)NCCn1cccc1.I. The van der Waals surface area contributed by atoms with Gasteiger partial charge in [0.1, 0.15) is 0 Å². The van der Waals surface area contributed by atoms with Crippen LogP contribution in [0.1, 0.15) is 25.0 Å². The number of guanidine groups is 1. The zero-order valence-electron chi connectivity index (χ0n) is 15.1. The van der Waals surface area contributed by atoms with E-state index in [1.807, 2.05) is 19.1 Å². The predicted molar refractivity (Wildman–Crippen MR) is 114 cm³/mol. The van der Waals surface area contributed by atoms with E-state index in [0.29, 0.717) is 13.2 Å². The Morgan fingerprint density at radius 1 is 1.04 bits per heavy atom. The number of aromatic nitrogens is 1. The lowest BCUT2D eigenvalue weighted by molar-refractivity contribution is 0.134. The van der Waals surface area contributed by atoms with Crippen LogP contribution >= 0.6 is 24.0 Å². The van der Waals surface area contributed by atoms with Gasteiger partial charge in [0.2, 0.25) is 0 Å². The van der Waals surface area contributed by atoms with Crippen molar-refractivity contribution < 1.29 is 4.74 Å². The van der Waals surface area contributed by atoms with Gasteiger partial charge in [-0.05, 0) is 37.1 Å². The summed E-state index contributed by atoms with van der Waals surface area (Å²) in [7, 11) is 0. The highest BCUT2D eigenvalue weighted by molar-refractivity contribution is 14.0. The zero-order valence-corrected chi connectivity index (χ0v) is 17.4. The Kier molecular flexibility index (Phi) is 11.0.